The molecule has 1 unspecified atom stereocenters. The molecule has 1 amide bonds. The van der Waals surface area contributed by atoms with E-state index in [1.807, 2.05) is 18.2 Å². The van der Waals surface area contributed by atoms with Crippen LogP contribution in [0.5, 0.6) is 0 Å². The molecule has 0 bridgehead atoms. The first-order chi connectivity index (χ1) is 16.1. The van der Waals surface area contributed by atoms with E-state index < -0.39 is 12.1 Å². The number of amides is 1. The van der Waals surface area contributed by atoms with Gasteiger partial charge in [-0.2, -0.15) is 18.4 Å². The summed E-state index contributed by atoms with van der Waals surface area (Å²) < 4.78 is 43.8. The molecule has 2 fully saturated rings. The van der Waals surface area contributed by atoms with Gasteiger partial charge in [-0.25, -0.2) is 4.79 Å². The fraction of sp³-hybridized carbons (Fsp3) is 0.391. The number of hydrogen-bond donors (Lipinski definition) is 1. The van der Waals surface area contributed by atoms with Gasteiger partial charge in [0.25, 0.3) is 5.91 Å². The van der Waals surface area contributed by atoms with E-state index in [2.05, 4.69) is 11.1 Å². The molecule has 1 atom stereocenters. The van der Waals surface area contributed by atoms with E-state index >= 15 is 0 Å². The number of carbonyl (C=O) groups is 2. The second kappa shape index (κ2) is 10.6. The Morgan fingerprint density at radius 2 is 2.00 bits per heavy atom. The Morgan fingerprint density at radius 1 is 1.26 bits per heavy atom. The molecular formula is C23H22F3N3O5. The first kappa shape index (κ1) is 25.1. The summed E-state index contributed by atoms with van der Waals surface area (Å²) in [7, 11) is 0. The highest BCUT2D eigenvalue weighted by Gasteiger charge is 2.49. The molecule has 4 rings (SSSR count). The van der Waals surface area contributed by atoms with Crippen LogP contribution in [-0.4, -0.2) is 64.4 Å². The number of ether oxygens (including phenoxy) is 2. The van der Waals surface area contributed by atoms with Crippen molar-refractivity contribution >= 4 is 11.9 Å². The van der Waals surface area contributed by atoms with Crippen molar-refractivity contribution in [1.29, 1.82) is 5.26 Å². The standard InChI is InChI=1S/C21H21N3O3.C2HF3O2/c22-12-16-4-3-5-17(10-16)20(25)24-14-21(15-24)11-19(7-9-27-21)26-13-18-6-1-2-8-23-18;3-2(4,5)1(6)7/h1-6,8,10,19H,7,9,11,13-15H2;(H,6,7). The van der Waals surface area contributed by atoms with Crippen molar-refractivity contribution in [1.82, 2.24) is 9.88 Å². The molecule has 1 aromatic heterocycles. The van der Waals surface area contributed by atoms with Gasteiger partial charge >= 0.3 is 12.1 Å². The van der Waals surface area contributed by atoms with Crippen molar-refractivity contribution in [2.24, 2.45) is 0 Å². The zero-order valence-corrected chi connectivity index (χ0v) is 18.0. The molecule has 8 nitrogen and oxygen atoms in total. The summed E-state index contributed by atoms with van der Waals surface area (Å²) in [5.74, 6) is -2.81. The summed E-state index contributed by atoms with van der Waals surface area (Å²) in [6.45, 7) is 2.25. The van der Waals surface area contributed by atoms with Crippen molar-refractivity contribution in [2.45, 2.75) is 37.3 Å². The quantitative estimate of drug-likeness (QED) is 0.720. The van der Waals surface area contributed by atoms with Crippen LogP contribution in [0.2, 0.25) is 0 Å². The molecule has 2 aliphatic heterocycles. The zero-order chi connectivity index (χ0) is 24.8. The van der Waals surface area contributed by atoms with E-state index in [0.717, 1.165) is 18.5 Å². The summed E-state index contributed by atoms with van der Waals surface area (Å²) in [5.41, 5.74) is 1.65. The minimum absolute atomic E-state index is 0.0575. The average molecular weight is 477 g/mol. The van der Waals surface area contributed by atoms with Crippen molar-refractivity contribution in [2.75, 3.05) is 19.7 Å². The molecule has 11 heteroatoms. The second-order valence-corrected chi connectivity index (χ2v) is 7.94. The fourth-order valence-electron chi connectivity index (χ4n) is 3.73. The van der Waals surface area contributed by atoms with Gasteiger partial charge in [0.05, 0.1) is 43.1 Å². The predicted octanol–water partition coefficient (Wildman–Crippen LogP) is 3.18. The molecule has 1 spiro atoms. The van der Waals surface area contributed by atoms with Crippen LogP contribution < -0.4 is 0 Å². The Hall–Kier alpha value is -3.49. The first-order valence-electron chi connectivity index (χ1n) is 10.4. The number of hydrogen-bond acceptors (Lipinski definition) is 6. The Kier molecular flexibility index (Phi) is 7.86. The highest BCUT2D eigenvalue weighted by Crippen LogP contribution is 2.36. The number of carboxylic acids is 1. The molecular weight excluding hydrogens is 455 g/mol. The first-order valence-corrected chi connectivity index (χ1v) is 10.4. The van der Waals surface area contributed by atoms with Crippen molar-refractivity contribution in [3.8, 4) is 6.07 Å². The van der Waals surface area contributed by atoms with Gasteiger partial charge in [0, 0.05) is 24.8 Å². The van der Waals surface area contributed by atoms with Crippen LogP contribution in [0.25, 0.3) is 0 Å². The number of halogens is 3. The zero-order valence-electron chi connectivity index (χ0n) is 18.0. The molecule has 1 N–H and O–H groups in total. The lowest BCUT2D eigenvalue weighted by Gasteiger charge is -2.53. The number of carboxylic acid groups (broad SMARTS) is 1. The molecule has 0 radical (unpaired) electrons. The van der Waals surface area contributed by atoms with Gasteiger partial charge < -0.3 is 19.5 Å². The lowest BCUT2D eigenvalue weighted by Crippen LogP contribution is -2.67. The van der Waals surface area contributed by atoms with Crippen LogP contribution in [-0.2, 0) is 20.9 Å². The highest BCUT2D eigenvalue weighted by atomic mass is 19.4. The van der Waals surface area contributed by atoms with Gasteiger partial charge in [0.2, 0.25) is 0 Å². The second-order valence-electron chi connectivity index (χ2n) is 7.94. The number of aromatic nitrogens is 1. The average Bonchev–Trinajstić information content (AvgIpc) is 2.81. The number of benzene rings is 1. The maximum atomic E-state index is 12.6. The van der Waals surface area contributed by atoms with Gasteiger partial charge in [-0.05, 0) is 36.8 Å². The normalized spacial score (nSPS) is 18.8. The minimum Gasteiger partial charge on any atom is -0.475 e. The Balaban J connectivity index is 0.000000406. The number of pyridine rings is 1. The molecule has 3 heterocycles. The molecule has 0 saturated carbocycles. The minimum atomic E-state index is -5.08. The largest absolute Gasteiger partial charge is 0.490 e. The maximum Gasteiger partial charge on any atom is 0.490 e. The third kappa shape index (κ3) is 6.52. The summed E-state index contributed by atoms with van der Waals surface area (Å²) >= 11 is 0. The topological polar surface area (TPSA) is 113 Å². The van der Waals surface area contributed by atoms with E-state index in [-0.39, 0.29) is 17.6 Å². The van der Waals surface area contributed by atoms with Crippen LogP contribution in [0, 0.1) is 11.3 Å². The van der Waals surface area contributed by atoms with Gasteiger partial charge in [-0.3, -0.25) is 9.78 Å². The Labute approximate surface area is 193 Å². The van der Waals surface area contributed by atoms with E-state index in [9.17, 15) is 18.0 Å². The molecule has 2 aromatic rings. The lowest BCUT2D eigenvalue weighted by atomic mass is 9.84. The van der Waals surface area contributed by atoms with E-state index in [4.69, 9.17) is 24.6 Å². The van der Waals surface area contributed by atoms with Gasteiger partial charge in [-0.1, -0.05) is 12.1 Å². The number of rotatable bonds is 4. The van der Waals surface area contributed by atoms with Crippen molar-refractivity contribution in [3.63, 3.8) is 0 Å². The Morgan fingerprint density at radius 3 is 2.62 bits per heavy atom. The smallest absolute Gasteiger partial charge is 0.475 e. The number of aliphatic carboxylic acids is 1. The number of carbonyl (C=O) groups excluding carboxylic acids is 1. The third-order valence-electron chi connectivity index (χ3n) is 5.37. The third-order valence-corrected chi connectivity index (χ3v) is 5.37. The number of nitrogens with zero attached hydrogens (tertiary/aromatic N) is 3. The lowest BCUT2D eigenvalue weighted by molar-refractivity contribution is -0.192. The van der Waals surface area contributed by atoms with Crippen molar-refractivity contribution < 1.29 is 37.3 Å². The predicted molar refractivity (Wildman–Crippen MR) is 111 cm³/mol. The number of likely N-dealkylation sites (tertiary alicyclic amines) is 1. The molecule has 2 saturated heterocycles. The van der Waals surface area contributed by atoms with Crippen LogP contribution in [0.1, 0.15) is 34.5 Å². The van der Waals surface area contributed by atoms with Gasteiger partial charge in [0.15, 0.2) is 0 Å². The van der Waals surface area contributed by atoms with Crippen LogP contribution >= 0.6 is 0 Å². The summed E-state index contributed by atoms with van der Waals surface area (Å²) in [5, 5.41) is 16.1. The summed E-state index contributed by atoms with van der Waals surface area (Å²) in [6, 6.07) is 14.7. The maximum absolute atomic E-state index is 12.6. The molecule has 180 valence electrons. The number of alkyl halides is 3. The van der Waals surface area contributed by atoms with Gasteiger partial charge in [0.1, 0.15) is 5.60 Å². The molecule has 0 aliphatic carbocycles. The van der Waals surface area contributed by atoms with Gasteiger partial charge in [-0.15, -0.1) is 0 Å². The highest BCUT2D eigenvalue weighted by molar-refractivity contribution is 5.95. The number of nitriles is 1. The fourth-order valence-corrected chi connectivity index (χ4v) is 3.73. The SMILES string of the molecule is N#Cc1cccc(C(=O)N2CC3(CC(OCc4ccccn4)CCO3)C2)c1.O=C(O)C(F)(F)F. The van der Waals surface area contributed by atoms with Crippen LogP contribution in [0.4, 0.5) is 13.2 Å². The summed E-state index contributed by atoms with van der Waals surface area (Å²) in [4.78, 5) is 27.6. The van der Waals surface area contributed by atoms with E-state index in [1.165, 1.54) is 0 Å². The molecule has 34 heavy (non-hydrogen) atoms. The molecule has 2 aliphatic rings. The van der Waals surface area contributed by atoms with Crippen LogP contribution in [0.3, 0.4) is 0 Å². The summed E-state index contributed by atoms with van der Waals surface area (Å²) in [6.07, 6.45) is -1.57. The molecule has 1 aromatic carbocycles. The van der Waals surface area contributed by atoms with E-state index in [1.54, 1.807) is 35.4 Å². The van der Waals surface area contributed by atoms with Crippen LogP contribution in [0.15, 0.2) is 48.7 Å². The Bertz CT molecular complexity index is 1050. The van der Waals surface area contributed by atoms with E-state index in [0.29, 0.717) is 37.4 Å². The van der Waals surface area contributed by atoms with Crippen molar-refractivity contribution in [3.05, 3.63) is 65.5 Å². The monoisotopic (exact) mass is 477 g/mol.